The number of rotatable bonds is 4. The molecule has 1 amide bonds. The maximum Gasteiger partial charge on any atom is 0.255 e. The summed E-state index contributed by atoms with van der Waals surface area (Å²) in [7, 11) is 0. The molecule has 1 aliphatic rings. The number of nitrogens with zero attached hydrogens (tertiary/aromatic N) is 1. The quantitative estimate of drug-likeness (QED) is 0.889. The summed E-state index contributed by atoms with van der Waals surface area (Å²) in [5.41, 5.74) is 3.23. The molecular formula is C20H24N2O2. The Morgan fingerprint density at radius 3 is 2.46 bits per heavy atom. The first-order valence-corrected chi connectivity index (χ1v) is 8.64. The Balaban J connectivity index is 1.65. The molecule has 1 aromatic carbocycles. The van der Waals surface area contributed by atoms with Crippen molar-refractivity contribution in [2.45, 2.75) is 52.1 Å². The Kier molecular flexibility index (Phi) is 5.14. The van der Waals surface area contributed by atoms with E-state index in [4.69, 9.17) is 4.74 Å². The molecule has 1 aliphatic carbocycles. The predicted octanol–water partition coefficient (Wildman–Crippen LogP) is 4.66. The summed E-state index contributed by atoms with van der Waals surface area (Å²) in [6.45, 7) is 3.86. The highest BCUT2D eigenvalue weighted by atomic mass is 16.5. The van der Waals surface area contributed by atoms with Gasteiger partial charge in [0.15, 0.2) is 0 Å². The van der Waals surface area contributed by atoms with Gasteiger partial charge in [-0.3, -0.25) is 9.78 Å². The van der Waals surface area contributed by atoms with Crippen LogP contribution in [-0.2, 0) is 0 Å². The van der Waals surface area contributed by atoms with Crippen LogP contribution >= 0.6 is 0 Å². The van der Waals surface area contributed by atoms with Gasteiger partial charge in [0.25, 0.3) is 5.91 Å². The molecule has 1 N–H and O–H groups in total. The highest BCUT2D eigenvalue weighted by Crippen LogP contribution is 2.24. The third-order valence-corrected chi connectivity index (χ3v) is 4.56. The SMILES string of the molecule is Cc1ccnc(C)c1NC(=O)c1ccc(OC2CCCCC2)cc1. The average molecular weight is 324 g/mol. The molecule has 1 aromatic heterocycles. The summed E-state index contributed by atoms with van der Waals surface area (Å²) in [5.74, 6) is 0.714. The molecule has 4 nitrogen and oxygen atoms in total. The van der Waals surface area contributed by atoms with Crippen LogP contribution in [0.25, 0.3) is 0 Å². The fourth-order valence-electron chi connectivity index (χ4n) is 3.13. The van der Waals surface area contributed by atoms with Crippen molar-refractivity contribution in [3.05, 3.63) is 53.3 Å². The normalized spacial score (nSPS) is 15.1. The van der Waals surface area contributed by atoms with E-state index < -0.39 is 0 Å². The van der Waals surface area contributed by atoms with E-state index in [1.807, 2.05) is 44.2 Å². The predicted molar refractivity (Wildman–Crippen MR) is 95.6 cm³/mol. The average Bonchev–Trinajstić information content (AvgIpc) is 2.60. The third-order valence-electron chi connectivity index (χ3n) is 4.56. The number of benzene rings is 1. The number of aromatic nitrogens is 1. The van der Waals surface area contributed by atoms with Crippen LogP contribution in [0.5, 0.6) is 5.75 Å². The number of pyridine rings is 1. The molecular weight excluding hydrogens is 300 g/mol. The Morgan fingerprint density at radius 1 is 1.08 bits per heavy atom. The summed E-state index contributed by atoms with van der Waals surface area (Å²) in [6, 6.07) is 9.28. The Morgan fingerprint density at radius 2 is 1.79 bits per heavy atom. The van der Waals surface area contributed by atoms with Crippen LogP contribution < -0.4 is 10.1 Å². The lowest BCUT2D eigenvalue weighted by Gasteiger charge is -2.23. The summed E-state index contributed by atoms with van der Waals surface area (Å²) in [4.78, 5) is 16.7. The molecule has 0 atom stereocenters. The lowest BCUT2D eigenvalue weighted by atomic mass is 9.98. The van der Waals surface area contributed by atoms with Gasteiger partial charge in [-0.1, -0.05) is 6.42 Å². The zero-order valence-electron chi connectivity index (χ0n) is 14.3. The molecule has 1 heterocycles. The van der Waals surface area contributed by atoms with Gasteiger partial charge in [-0.2, -0.15) is 0 Å². The van der Waals surface area contributed by atoms with Gasteiger partial charge in [0.1, 0.15) is 5.75 Å². The van der Waals surface area contributed by atoms with Gasteiger partial charge in [-0.15, -0.1) is 0 Å². The second kappa shape index (κ2) is 7.47. The minimum absolute atomic E-state index is 0.126. The molecule has 1 saturated carbocycles. The molecule has 0 radical (unpaired) electrons. The smallest absolute Gasteiger partial charge is 0.255 e. The van der Waals surface area contributed by atoms with Gasteiger partial charge in [0.05, 0.1) is 17.5 Å². The topological polar surface area (TPSA) is 51.2 Å². The highest BCUT2D eigenvalue weighted by molar-refractivity contribution is 6.05. The number of anilines is 1. The molecule has 4 heteroatoms. The van der Waals surface area contributed by atoms with Crippen molar-refractivity contribution in [2.24, 2.45) is 0 Å². The molecule has 1 fully saturated rings. The van der Waals surface area contributed by atoms with E-state index in [2.05, 4.69) is 10.3 Å². The standard InChI is InChI=1S/C20H24N2O2/c1-14-12-13-21-15(2)19(14)22-20(23)16-8-10-18(11-9-16)24-17-6-4-3-5-7-17/h8-13,17H,3-7H2,1-2H3,(H,22,23). The van der Waals surface area contributed by atoms with E-state index in [1.165, 1.54) is 19.3 Å². The maximum absolute atomic E-state index is 12.4. The minimum atomic E-state index is -0.126. The number of hydrogen-bond donors (Lipinski definition) is 1. The Labute approximate surface area is 143 Å². The number of ether oxygens (including phenoxy) is 1. The molecule has 0 aliphatic heterocycles. The molecule has 126 valence electrons. The maximum atomic E-state index is 12.4. The lowest BCUT2D eigenvalue weighted by molar-refractivity contribution is 0.102. The van der Waals surface area contributed by atoms with Crippen molar-refractivity contribution in [3.63, 3.8) is 0 Å². The van der Waals surface area contributed by atoms with Crippen molar-refractivity contribution in [3.8, 4) is 5.75 Å². The second-order valence-corrected chi connectivity index (χ2v) is 6.44. The van der Waals surface area contributed by atoms with Crippen LogP contribution in [0, 0.1) is 13.8 Å². The summed E-state index contributed by atoms with van der Waals surface area (Å²) < 4.78 is 6.00. The van der Waals surface area contributed by atoms with Crippen molar-refractivity contribution in [1.82, 2.24) is 4.98 Å². The van der Waals surface area contributed by atoms with Crippen molar-refractivity contribution >= 4 is 11.6 Å². The number of aryl methyl sites for hydroxylation is 2. The summed E-state index contributed by atoms with van der Waals surface area (Å²) in [5, 5.41) is 2.95. The zero-order valence-corrected chi connectivity index (χ0v) is 14.3. The van der Waals surface area contributed by atoms with E-state index in [0.29, 0.717) is 11.7 Å². The van der Waals surface area contributed by atoms with Crippen LogP contribution in [0.3, 0.4) is 0 Å². The minimum Gasteiger partial charge on any atom is -0.490 e. The van der Waals surface area contributed by atoms with Crippen LogP contribution in [-0.4, -0.2) is 17.0 Å². The molecule has 2 aromatic rings. The van der Waals surface area contributed by atoms with Gasteiger partial charge in [0, 0.05) is 11.8 Å². The van der Waals surface area contributed by atoms with Crippen molar-refractivity contribution < 1.29 is 9.53 Å². The number of nitrogens with one attached hydrogen (secondary N) is 1. The van der Waals surface area contributed by atoms with E-state index in [1.54, 1.807) is 6.20 Å². The number of carbonyl (C=O) groups is 1. The van der Waals surface area contributed by atoms with Gasteiger partial charge in [-0.25, -0.2) is 0 Å². The van der Waals surface area contributed by atoms with Gasteiger partial charge >= 0.3 is 0 Å². The fourth-order valence-corrected chi connectivity index (χ4v) is 3.13. The lowest BCUT2D eigenvalue weighted by Crippen LogP contribution is -2.19. The van der Waals surface area contributed by atoms with Crippen molar-refractivity contribution in [1.29, 1.82) is 0 Å². The number of hydrogen-bond acceptors (Lipinski definition) is 3. The molecule has 0 unspecified atom stereocenters. The van der Waals surface area contributed by atoms with Gasteiger partial charge in [-0.05, 0) is 75.4 Å². The fraction of sp³-hybridized carbons (Fsp3) is 0.400. The van der Waals surface area contributed by atoms with E-state index in [-0.39, 0.29) is 5.91 Å². The van der Waals surface area contributed by atoms with Crippen LogP contribution in [0.1, 0.15) is 53.7 Å². The molecule has 24 heavy (non-hydrogen) atoms. The first-order chi connectivity index (χ1) is 11.6. The second-order valence-electron chi connectivity index (χ2n) is 6.44. The van der Waals surface area contributed by atoms with Crippen molar-refractivity contribution in [2.75, 3.05) is 5.32 Å². The summed E-state index contributed by atoms with van der Waals surface area (Å²) >= 11 is 0. The van der Waals surface area contributed by atoms with Crippen LogP contribution in [0.2, 0.25) is 0 Å². The van der Waals surface area contributed by atoms with E-state index >= 15 is 0 Å². The largest absolute Gasteiger partial charge is 0.490 e. The first kappa shape index (κ1) is 16.5. The Bertz CT molecular complexity index is 684. The first-order valence-electron chi connectivity index (χ1n) is 8.64. The molecule has 3 rings (SSSR count). The highest BCUT2D eigenvalue weighted by Gasteiger charge is 2.15. The molecule has 0 bridgehead atoms. The van der Waals surface area contributed by atoms with Crippen LogP contribution in [0.4, 0.5) is 5.69 Å². The zero-order chi connectivity index (χ0) is 16.9. The molecule has 0 spiro atoms. The van der Waals surface area contributed by atoms with E-state index in [9.17, 15) is 4.79 Å². The third kappa shape index (κ3) is 3.94. The summed E-state index contributed by atoms with van der Waals surface area (Å²) in [6.07, 6.45) is 8.12. The number of carbonyl (C=O) groups excluding carboxylic acids is 1. The van der Waals surface area contributed by atoms with Gasteiger partial charge in [0.2, 0.25) is 0 Å². The van der Waals surface area contributed by atoms with E-state index in [0.717, 1.165) is 35.5 Å². The van der Waals surface area contributed by atoms with Crippen LogP contribution in [0.15, 0.2) is 36.5 Å². The monoisotopic (exact) mass is 324 g/mol. The van der Waals surface area contributed by atoms with Gasteiger partial charge < -0.3 is 10.1 Å². The Hall–Kier alpha value is -2.36. The molecule has 0 saturated heterocycles. The number of amides is 1.